The number of hydrogen-bond donors (Lipinski definition) is 1. The van der Waals surface area contributed by atoms with E-state index < -0.39 is 0 Å². The van der Waals surface area contributed by atoms with Crippen molar-refractivity contribution < 1.29 is 0 Å². The van der Waals surface area contributed by atoms with Gasteiger partial charge in [-0.15, -0.1) is 0 Å². The molecule has 1 saturated carbocycles. The summed E-state index contributed by atoms with van der Waals surface area (Å²) in [6.45, 7) is 3.18. The molecule has 1 heteroatoms. The van der Waals surface area contributed by atoms with Crippen molar-refractivity contribution in [2.45, 2.75) is 51.9 Å². The number of nitrogens with two attached hydrogens (primary N) is 1. The van der Waals surface area contributed by atoms with Crippen LogP contribution in [-0.4, -0.2) is 6.54 Å². The summed E-state index contributed by atoms with van der Waals surface area (Å²) in [5.74, 6) is 1.96. The van der Waals surface area contributed by atoms with Crippen molar-refractivity contribution in [3.05, 3.63) is 0 Å². The molecular weight excluding hydrogens is 146 g/mol. The van der Waals surface area contributed by atoms with Crippen molar-refractivity contribution in [3.63, 3.8) is 0 Å². The second-order valence-electron chi connectivity index (χ2n) is 4.24. The molecule has 1 aliphatic carbocycles. The molecule has 0 saturated heterocycles. The van der Waals surface area contributed by atoms with Crippen LogP contribution in [0.1, 0.15) is 51.9 Å². The van der Waals surface area contributed by atoms with Gasteiger partial charge in [-0.05, 0) is 31.2 Å². The highest BCUT2D eigenvalue weighted by molar-refractivity contribution is 4.71. The lowest BCUT2D eigenvalue weighted by Gasteiger charge is -2.17. The highest BCUT2D eigenvalue weighted by atomic mass is 14.5. The van der Waals surface area contributed by atoms with Gasteiger partial charge in [-0.3, -0.25) is 0 Å². The van der Waals surface area contributed by atoms with E-state index in [1.54, 1.807) is 0 Å². The molecule has 0 radical (unpaired) electrons. The standard InChI is InChI=1S/C11H23N/c1-2-10(7-8-12)9-11-5-3-4-6-11/h10-11H,2-9,12H2,1H3. The third-order valence-electron chi connectivity index (χ3n) is 3.29. The average Bonchev–Trinajstić information content (AvgIpc) is 2.56. The Hall–Kier alpha value is -0.0400. The smallest absolute Gasteiger partial charge is 0.00746 e. The van der Waals surface area contributed by atoms with Gasteiger partial charge in [0.05, 0.1) is 0 Å². The summed E-state index contributed by atoms with van der Waals surface area (Å²) in [5.41, 5.74) is 5.58. The van der Waals surface area contributed by atoms with Gasteiger partial charge in [0.15, 0.2) is 0 Å². The largest absolute Gasteiger partial charge is 0.330 e. The molecular formula is C11H23N. The Kier molecular flexibility index (Phi) is 4.67. The summed E-state index contributed by atoms with van der Waals surface area (Å²) < 4.78 is 0. The molecule has 0 aromatic rings. The van der Waals surface area contributed by atoms with Crippen LogP contribution in [0.2, 0.25) is 0 Å². The molecule has 0 bridgehead atoms. The quantitative estimate of drug-likeness (QED) is 0.673. The molecule has 72 valence electrons. The van der Waals surface area contributed by atoms with Crippen LogP contribution in [0.15, 0.2) is 0 Å². The van der Waals surface area contributed by atoms with E-state index in [1.165, 1.54) is 44.9 Å². The van der Waals surface area contributed by atoms with Crippen LogP contribution in [0.25, 0.3) is 0 Å². The van der Waals surface area contributed by atoms with E-state index in [4.69, 9.17) is 5.73 Å². The van der Waals surface area contributed by atoms with Crippen molar-refractivity contribution in [3.8, 4) is 0 Å². The van der Waals surface area contributed by atoms with Crippen LogP contribution >= 0.6 is 0 Å². The van der Waals surface area contributed by atoms with Gasteiger partial charge < -0.3 is 5.73 Å². The van der Waals surface area contributed by atoms with Crippen molar-refractivity contribution in [1.82, 2.24) is 0 Å². The Morgan fingerprint density at radius 3 is 2.50 bits per heavy atom. The fraction of sp³-hybridized carbons (Fsp3) is 1.00. The first-order valence-corrected chi connectivity index (χ1v) is 5.56. The zero-order chi connectivity index (χ0) is 8.81. The molecule has 0 aliphatic heterocycles. The number of rotatable bonds is 5. The third kappa shape index (κ3) is 3.14. The number of hydrogen-bond acceptors (Lipinski definition) is 1. The summed E-state index contributed by atoms with van der Waals surface area (Å²) in [6.07, 6.45) is 9.95. The van der Waals surface area contributed by atoms with Gasteiger partial charge in [-0.1, -0.05) is 39.0 Å². The second-order valence-corrected chi connectivity index (χ2v) is 4.24. The summed E-state index contributed by atoms with van der Waals surface area (Å²) >= 11 is 0. The molecule has 0 aromatic carbocycles. The van der Waals surface area contributed by atoms with Gasteiger partial charge in [-0.25, -0.2) is 0 Å². The predicted octanol–water partition coefficient (Wildman–Crippen LogP) is 2.94. The normalized spacial score (nSPS) is 21.5. The molecule has 0 heterocycles. The van der Waals surface area contributed by atoms with E-state index in [9.17, 15) is 0 Å². The van der Waals surface area contributed by atoms with Gasteiger partial charge in [0.25, 0.3) is 0 Å². The molecule has 12 heavy (non-hydrogen) atoms. The third-order valence-corrected chi connectivity index (χ3v) is 3.29. The fourth-order valence-electron chi connectivity index (χ4n) is 2.44. The second kappa shape index (κ2) is 5.58. The zero-order valence-corrected chi connectivity index (χ0v) is 8.39. The highest BCUT2D eigenvalue weighted by Gasteiger charge is 2.18. The molecule has 0 aromatic heterocycles. The first-order chi connectivity index (χ1) is 5.86. The lowest BCUT2D eigenvalue weighted by molar-refractivity contribution is 0.352. The lowest BCUT2D eigenvalue weighted by atomic mass is 9.89. The Balaban J connectivity index is 2.16. The van der Waals surface area contributed by atoms with Gasteiger partial charge in [0.2, 0.25) is 0 Å². The molecule has 1 atom stereocenters. The van der Waals surface area contributed by atoms with Crippen LogP contribution in [0, 0.1) is 11.8 Å². The Labute approximate surface area is 76.7 Å². The zero-order valence-electron chi connectivity index (χ0n) is 8.39. The van der Waals surface area contributed by atoms with Crippen LogP contribution in [0.5, 0.6) is 0 Å². The summed E-state index contributed by atoms with van der Waals surface area (Å²) in [4.78, 5) is 0. The average molecular weight is 169 g/mol. The van der Waals surface area contributed by atoms with Gasteiger partial charge in [0.1, 0.15) is 0 Å². The maximum Gasteiger partial charge on any atom is -0.00746 e. The Morgan fingerprint density at radius 2 is 2.00 bits per heavy atom. The fourth-order valence-corrected chi connectivity index (χ4v) is 2.44. The minimum atomic E-state index is 0.880. The molecule has 1 rings (SSSR count). The minimum absolute atomic E-state index is 0.880. The van der Waals surface area contributed by atoms with E-state index in [0.717, 1.165) is 18.4 Å². The van der Waals surface area contributed by atoms with Gasteiger partial charge >= 0.3 is 0 Å². The summed E-state index contributed by atoms with van der Waals surface area (Å²) in [7, 11) is 0. The van der Waals surface area contributed by atoms with Crippen LogP contribution in [0.4, 0.5) is 0 Å². The monoisotopic (exact) mass is 169 g/mol. The van der Waals surface area contributed by atoms with Gasteiger partial charge in [0, 0.05) is 0 Å². The maximum absolute atomic E-state index is 5.58. The van der Waals surface area contributed by atoms with Crippen LogP contribution < -0.4 is 5.73 Å². The molecule has 1 fully saturated rings. The van der Waals surface area contributed by atoms with Crippen molar-refractivity contribution in [2.75, 3.05) is 6.54 Å². The topological polar surface area (TPSA) is 26.0 Å². The lowest BCUT2D eigenvalue weighted by Crippen LogP contribution is -2.11. The molecule has 0 spiro atoms. The van der Waals surface area contributed by atoms with E-state index in [2.05, 4.69) is 6.92 Å². The van der Waals surface area contributed by atoms with E-state index in [0.29, 0.717) is 0 Å². The molecule has 2 N–H and O–H groups in total. The summed E-state index contributed by atoms with van der Waals surface area (Å²) in [6, 6.07) is 0. The summed E-state index contributed by atoms with van der Waals surface area (Å²) in [5, 5.41) is 0. The predicted molar refractivity (Wildman–Crippen MR) is 54.0 cm³/mol. The molecule has 0 amide bonds. The van der Waals surface area contributed by atoms with Crippen molar-refractivity contribution in [1.29, 1.82) is 0 Å². The first kappa shape index (κ1) is 10.0. The van der Waals surface area contributed by atoms with Crippen LogP contribution in [0.3, 0.4) is 0 Å². The Bertz CT molecular complexity index is 106. The SMILES string of the molecule is CCC(CCN)CC1CCCC1. The molecule has 1 aliphatic rings. The van der Waals surface area contributed by atoms with Gasteiger partial charge in [-0.2, -0.15) is 0 Å². The van der Waals surface area contributed by atoms with Crippen molar-refractivity contribution in [2.24, 2.45) is 17.6 Å². The van der Waals surface area contributed by atoms with Crippen molar-refractivity contribution >= 4 is 0 Å². The molecule has 1 nitrogen and oxygen atoms in total. The van der Waals surface area contributed by atoms with E-state index in [1.807, 2.05) is 0 Å². The first-order valence-electron chi connectivity index (χ1n) is 5.56. The highest BCUT2D eigenvalue weighted by Crippen LogP contribution is 2.32. The molecule has 1 unspecified atom stereocenters. The minimum Gasteiger partial charge on any atom is -0.330 e. The van der Waals surface area contributed by atoms with Crippen LogP contribution in [-0.2, 0) is 0 Å². The maximum atomic E-state index is 5.58. The van der Waals surface area contributed by atoms with E-state index >= 15 is 0 Å². The Morgan fingerprint density at radius 1 is 1.33 bits per heavy atom. The van der Waals surface area contributed by atoms with E-state index in [-0.39, 0.29) is 0 Å².